The van der Waals surface area contributed by atoms with Gasteiger partial charge in [0.2, 0.25) is 5.24 Å². The molecule has 0 N–H and O–H groups in total. The van der Waals surface area contributed by atoms with E-state index in [1.807, 2.05) is 11.8 Å². The number of carbonyl (C=O) groups excluding carboxylic acids is 1. The topological polar surface area (TPSA) is 17.1 Å². The van der Waals surface area contributed by atoms with Crippen molar-refractivity contribution in [1.82, 2.24) is 0 Å². The standard InChI is InChI=1S/C7H7ClOS/c8-7(9)5-3-4-1-2-6(5)10-4/h1-2,4-6H,3H2. The van der Waals surface area contributed by atoms with E-state index in [4.69, 9.17) is 11.6 Å². The average molecular weight is 175 g/mol. The van der Waals surface area contributed by atoms with Crippen molar-refractivity contribution in [3.05, 3.63) is 12.2 Å². The molecule has 54 valence electrons. The molecule has 3 heteroatoms. The Balaban J connectivity index is 2.16. The summed E-state index contributed by atoms with van der Waals surface area (Å²) in [6.45, 7) is 0. The SMILES string of the molecule is O=C(Cl)C1CC2C=CC1S2. The van der Waals surface area contributed by atoms with Crippen molar-refractivity contribution in [2.24, 2.45) is 5.92 Å². The van der Waals surface area contributed by atoms with Crippen molar-refractivity contribution in [2.75, 3.05) is 0 Å². The summed E-state index contributed by atoms with van der Waals surface area (Å²) in [5.41, 5.74) is 0. The highest BCUT2D eigenvalue weighted by Crippen LogP contribution is 2.45. The smallest absolute Gasteiger partial charge is 0.226 e. The number of halogens is 1. The Hall–Kier alpha value is 0.0500. The quantitative estimate of drug-likeness (QED) is 0.446. The molecule has 0 aromatic heterocycles. The molecule has 1 saturated heterocycles. The number of hydrogen-bond acceptors (Lipinski definition) is 2. The van der Waals surface area contributed by atoms with E-state index in [2.05, 4.69) is 12.2 Å². The molecule has 0 amide bonds. The van der Waals surface area contributed by atoms with Crippen molar-refractivity contribution in [1.29, 1.82) is 0 Å². The Morgan fingerprint density at radius 3 is 2.70 bits per heavy atom. The largest absolute Gasteiger partial charge is 0.281 e. The van der Waals surface area contributed by atoms with Gasteiger partial charge in [-0.3, -0.25) is 4.79 Å². The maximum Gasteiger partial charge on any atom is 0.226 e. The molecule has 3 unspecified atom stereocenters. The van der Waals surface area contributed by atoms with E-state index in [-0.39, 0.29) is 11.2 Å². The van der Waals surface area contributed by atoms with Gasteiger partial charge in [-0.1, -0.05) is 12.2 Å². The van der Waals surface area contributed by atoms with Crippen LogP contribution in [0.4, 0.5) is 0 Å². The van der Waals surface area contributed by atoms with Crippen molar-refractivity contribution >= 4 is 28.6 Å². The Labute approximate surface area is 68.8 Å². The molecular weight excluding hydrogens is 168 g/mol. The third kappa shape index (κ3) is 0.903. The molecule has 1 nitrogen and oxygen atoms in total. The highest BCUT2D eigenvalue weighted by Gasteiger charge is 2.39. The molecule has 0 spiro atoms. The molecule has 0 aromatic carbocycles. The Bertz CT molecular complexity index is 202. The Morgan fingerprint density at radius 2 is 2.40 bits per heavy atom. The van der Waals surface area contributed by atoms with Crippen LogP contribution in [0.2, 0.25) is 0 Å². The van der Waals surface area contributed by atoms with Crippen LogP contribution in [0.15, 0.2) is 12.2 Å². The summed E-state index contributed by atoms with van der Waals surface area (Å²) in [4.78, 5) is 10.8. The fourth-order valence-electron chi connectivity index (χ4n) is 1.50. The molecule has 0 saturated carbocycles. The van der Waals surface area contributed by atoms with Gasteiger partial charge in [-0.25, -0.2) is 0 Å². The van der Waals surface area contributed by atoms with Gasteiger partial charge in [-0.15, -0.1) is 11.8 Å². The highest BCUT2D eigenvalue weighted by molar-refractivity contribution is 8.01. The summed E-state index contributed by atoms with van der Waals surface area (Å²) in [6.07, 6.45) is 5.23. The molecule has 2 heterocycles. The molecule has 0 aliphatic carbocycles. The van der Waals surface area contributed by atoms with Gasteiger partial charge >= 0.3 is 0 Å². The first-order valence-corrected chi connectivity index (χ1v) is 4.62. The van der Waals surface area contributed by atoms with E-state index >= 15 is 0 Å². The van der Waals surface area contributed by atoms with Crippen LogP contribution >= 0.6 is 23.4 Å². The maximum atomic E-state index is 10.8. The van der Waals surface area contributed by atoms with Crippen LogP contribution in [-0.2, 0) is 4.79 Å². The fourth-order valence-corrected chi connectivity index (χ4v) is 3.30. The molecular formula is C7H7ClOS. The van der Waals surface area contributed by atoms with E-state index < -0.39 is 0 Å². The van der Waals surface area contributed by atoms with Crippen molar-refractivity contribution in [2.45, 2.75) is 16.9 Å². The second-order valence-electron chi connectivity index (χ2n) is 2.67. The zero-order chi connectivity index (χ0) is 7.14. The minimum atomic E-state index is -0.163. The summed E-state index contributed by atoms with van der Waals surface area (Å²) < 4.78 is 0. The fraction of sp³-hybridized carbons (Fsp3) is 0.571. The molecule has 2 aliphatic rings. The van der Waals surface area contributed by atoms with Gasteiger partial charge in [-0.05, 0) is 18.0 Å². The molecule has 0 radical (unpaired) electrons. The summed E-state index contributed by atoms with van der Waals surface area (Å²) in [5, 5.41) is 0.789. The van der Waals surface area contributed by atoms with Crippen LogP contribution in [-0.4, -0.2) is 15.7 Å². The summed E-state index contributed by atoms with van der Waals surface area (Å²) in [6, 6.07) is 0. The molecule has 3 atom stereocenters. The van der Waals surface area contributed by atoms with Gasteiger partial charge in [0.25, 0.3) is 0 Å². The second kappa shape index (κ2) is 2.28. The number of thioether (sulfide) groups is 1. The summed E-state index contributed by atoms with van der Waals surface area (Å²) in [7, 11) is 0. The lowest BCUT2D eigenvalue weighted by atomic mass is 9.96. The summed E-state index contributed by atoms with van der Waals surface area (Å²) in [5.74, 6) is 0.0988. The van der Waals surface area contributed by atoms with E-state index in [9.17, 15) is 4.79 Å². The monoisotopic (exact) mass is 174 g/mol. The van der Waals surface area contributed by atoms with Gasteiger partial charge in [0.1, 0.15) is 0 Å². The lowest BCUT2D eigenvalue weighted by molar-refractivity contribution is -0.114. The number of carbonyl (C=O) groups is 1. The third-order valence-corrected chi connectivity index (χ3v) is 3.80. The first-order valence-electron chi connectivity index (χ1n) is 3.30. The highest BCUT2D eigenvalue weighted by atomic mass is 35.5. The van der Waals surface area contributed by atoms with E-state index in [1.54, 1.807) is 0 Å². The van der Waals surface area contributed by atoms with Gasteiger partial charge in [-0.2, -0.15) is 0 Å². The Morgan fingerprint density at radius 1 is 1.60 bits per heavy atom. The minimum absolute atomic E-state index is 0.0988. The van der Waals surface area contributed by atoms with Crippen LogP contribution in [0.25, 0.3) is 0 Å². The predicted molar refractivity (Wildman–Crippen MR) is 43.3 cm³/mol. The molecule has 10 heavy (non-hydrogen) atoms. The van der Waals surface area contributed by atoms with E-state index in [0.717, 1.165) is 6.42 Å². The zero-order valence-electron chi connectivity index (χ0n) is 5.29. The predicted octanol–water partition coefficient (Wildman–Crippen LogP) is 1.81. The summed E-state index contributed by atoms with van der Waals surface area (Å²) >= 11 is 7.24. The van der Waals surface area contributed by atoms with Crippen molar-refractivity contribution in [3.8, 4) is 0 Å². The lowest BCUT2D eigenvalue weighted by Gasteiger charge is -2.09. The third-order valence-electron chi connectivity index (χ3n) is 2.02. The van der Waals surface area contributed by atoms with Crippen LogP contribution in [0.1, 0.15) is 6.42 Å². The minimum Gasteiger partial charge on any atom is -0.281 e. The molecule has 2 bridgehead atoms. The van der Waals surface area contributed by atoms with Gasteiger partial charge in [0.05, 0.1) is 0 Å². The van der Waals surface area contributed by atoms with Crippen LogP contribution < -0.4 is 0 Å². The van der Waals surface area contributed by atoms with Gasteiger partial charge in [0, 0.05) is 16.4 Å². The second-order valence-corrected chi connectivity index (χ2v) is 4.46. The first kappa shape index (κ1) is 6.74. The molecule has 1 fully saturated rings. The lowest BCUT2D eigenvalue weighted by Crippen LogP contribution is -2.17. The van der Waals surface area contributed by atoms with Gasteiger partial charge in [0.15, 0.2) is 0 Å². The maximum absolute atomic E-state index is 10.8. The van der Waals surface area contributed by atoms with E-state index in [1.165, 1.54) is 0 Å². The normalized spacial score (nSPS) is 42.7. The number of hydrogen-bond donors (Lipinski definition) is 0. The van der Waals surface area contributed by atoms with Crippen LogP contribution in [0.3, 0.4) is 0 Å². The molecule has 2 rings (SSSR count). The number of fused-ring (bicyclic) bond motifs is 2. The molecule has 2 aliphatic heterocycles. The molecule has 0 aromatic rings. The van der Waals surface area contributed by atoms with Crippen molar-refractivity contribution < 1.29 is 4.79 Å². The first-order chi connectivity index (χ1) is 4.77. The zero-order valence-corrected chi connectivity index (χ0v) is 6.86. The van der Waals surface area contributed by atoms with Crippen molar-refractivity contribution in [3.63, 3.8) is 0 Å². The van der Waals surface area contributed by atoms with E-state index in [0.29, 0.717) is 10.5 Å². The Kier molecular flexibility index (Phi) is 1.53. The van der Waals surface area contributed by atoms with Crippen LogP contribution in [0, 0.1) is 5.92 Å². The van der Waals surface area contributed by atoms with Crippen LogP contribution in [0.5, 0.6) is 0 Å². The number of rotatable bonds is 1. The average Bonchev–Trinajstić information content (AvgIpc) is 2.44. The van der Waals surface area contributed by atoms with Gasteiger partial charge < -0.3 is 0 Å².